The molecule has 190 valence electrons. The zero-order chi connectivity index (χ0) is 25.9. The number of hydrogen-bond acceptors (Lipinski definition) is 7. The monoisotopic (exact) mass is 506 g/mol. The van der Waals surface area contributed by atoms with Crippen molar-refractivity contribution in [2.75, 3.05) is 26.7 Å². The first-order chi connectivity index (χ1) is 16.4. The van der Waals surface area contributed by atoms with Crippen LogP contribution in [-0.2, 0) is 31.0 Å². The fourth-order valence-electron chi connectivity index (χ4n) is 3.94. The van der Waals surface area contributed by atoms with Gasteiger partial charge in [0.1, 0.15) is 29.4 Å². The lowest BCUT2D eigenvalue weighted by Crippen LogP contribution is -2.72. The van der Waals surface area contributed by atoms with Crippen molar-refractivity contribution in [1.29, 1.82) is 0 Å². The van der Waals surface area contributed by atoms with E-state index in [1.165, 1.54) is 36.3 Å². The van der Waals surface area contributed by atoms with Crippen LogP contribution >= 0.6 is 0 Å². The highest BCUT2D eigenvalue weighted by molar-refractivity contribution is 7.85. The molecule has 0 bridgehead atoms. The van der Waals surface area contributed by atoms with Crippen molar-refractivity contribution in [3.05, 3.63) is 60.2 Å². The summed E-state index contributed by atoms with van der Waals surface area (Å²) < 4.78 is 37.3. The summed E-state index contributed by atoms with van der Waals surface area (Å²) in [4.78, 5) is 32.7. The average molecular weight is 507 g/mol. The Hall–Kier alpha value is -3.15. The number of piperazine rings is 1. The Kier molecular flexibility index (Phi) is 7.73. The van der Waals surface area contributed by atoms with E-state index in [2.05, 4.69) is 0 Å². The number of quaternary nitrogens is 1. The Balaban J connectivity index is 1.93. The second-order valence-corrected chi connectivity index (χ2v) is 11.2. The first-order valence-corrected chi connectivity index (χ1v) is 12.6. The van der Waals surface area contributed by atoms with Gasteiger partial charge in [0.25, 0.3) is 5.91 Å². The first kappa shape index (κ1) is 26.5. The van der Waals surface area contributed by atoms with E-state index in [0.29, 0.717) is 5.75 Å². The maximum Gasteiger partial charge on any atom is 0.410 e. The molecule has 0 aromatic heterocycles. The van der Waals surface area contributed by atoms with Gasteiger partial charge in [-0.1, -0.05) is 34.4 Å². The number of carbonyl (C=O) groups is 2. The van der Waals surface area contributed by atoms with E-state index in [4.69, 9.17) is 20.0 Å². The second kappa shape index (κ2) is 10.2. The molecule has 0 radical (unpaired) electrons. The molecule has 2 amide bonds. The largest absolute Gasteiger partial charge is 0.497 e. The molecular formula is C24H32N3O7S+. The van der Waals surface area contributed by atoms with Crippen LogP contribution in [0.2, 0.25) is 0 Å². The molecule has 1 aliphatic rings. The summed E-state index contributed by atoms with van der Waals surface area (Å²) in [6.45, 7) is 4.58. The smallest absolute Gasteiger partial charge is 0.410 e. The van der Waals surface area contributed by atoms with Gasteiger partial charge in [-0.3, -0.25) is 9.69 Å². The Morgan fingerprint density at radius 1 is 1.09 bits per heavy atom. The van der Waals surface area contributed by atoms with Gasteiger partial charge in [0, 0.05) is 0 Å². The van der Waals surface area contributed by atoms with E-state index < -0.39 is 37.7 Å². The van der Waals surface area contributed by atoms with Crippen molar-refractivity contribution in [3.8, 4) is 5.75 Å². The first-order valence-electron chi connectivity index (χ1n) is 11.1. The zero-order valence-electron chi connectivity index (χ0n) is 20.3. The van der Waals surface area contributed by atoms with Crippen LogP contribution in [0.5, 0.6) is 5.75 Å². The normalized spacial score (nSPS) is 20.8. The van der Waals surface area contributed by atoms with Gasteiger partial charge in [0.2, 0.25) is 6.04 Å². The molecule has 2 unspecified atom stereocenters. The van der Waals surface area contributed by atoms with Gasteiger partial charge in [-0.2, -0.15) is 13.3 Å². The molecule has 3 rings (SSSR count). The van der Waals surface area contributed by atoms with Crippen LogP contribution in [-0.4, -0.2) is 67.8 Å². The lowest BCUT2D eigenvalue weighted by Gasteiger charge is -2.46. The third kappa shape index (κ3) is 5.75. The van der Waals surface area contributed by atoms with Crippen molar-refractivity contribution in [2.45, 2.75) is 43.9 Å². The molecule has 35 heavy (non-hydrogen) atoms. The fraction of sp³-hybridized carbons (Fsp3) is 0.417. The van der Waals surface area contributed by atoms with Crippen molar-refractivity contribution in [1.82, 2.24) is 4.90 Å². The summed E-state index contributed by atoms with van der Waals surface area (Å²) >= 11 is 0. The number of methoxy groups -OCH3 is 1. The van der Waals surface area contributed by atoms with Gasteiger partial charge >= 0.3 is 16.1 Å². The number of primary amides is 1. The van der Waals surface area contributed by atoms with Crippen molar-refractivity contribution in [3.63, 3.8) is 0 Å². The van der Waals surface area contributed by atoms with E-state index in [1.54, 1.807) is 20.8 Å². The van der Waals surface area contributed by atoms with Crippen LogP contribution in [0.3, 0.4) is 0 Å². The highest BCUT2D eigenvalue weighted by Crippen LogP contribution is 2.36. The standard InChI is InChI=1S/C24H31N3O7S/c1-24(2,3)34-27(35(30,31)20-12-10-19(32-4)11-13-20)15-14-26(16-21(27)22(25)28)23(29)33-17-18-8-6-5-7-9-18/h5-13,21H,14-17H2,1-4H3,(H-,25,28)/p+1. The number of benzene rings is 2. The molecule has 2 aromatic rings. The van der Waals surface area contributed by atoms with Crippen molar-refractivity contribution < 1.29 is 36.4 Å². The highest BCUT2D eigenvalue weighted by atomic mass is 32.2. The Morgan fingerprint density at radius 3 is 2.26 bits per heavy atom. The van der Waals surface area contributed by atoms with E-state index in [-0.39, 0.29) is 31.1 Å². The van der Waals surface area contributed by atoms with Gasteiger partial charge < -0.3 is 15.2 Å². The van der Waals surface area contributed by atoms with Gasteiger partial charge in [0.05, 0.1) is 20.2 Å². The van der Waals surface area contributed by atoms with Crippen LogP contribution in [0.1, 0.15) is 26.3 Å². The molecule has 2 atom stereocenters. The number of nitrogens with zero attached hydrogens (tertiary/aromatic N) is 2. The molecule has 1 aliphatic heterocycles. The third-order valence-electron chi connectivity index (χ3n) is 5.53. The van der Waals surface area contributed by atoms with E-state index in [9.17, 15) is 18.0 Å². The summed E-state index contributed by atoms with van der Waals surface area (Å²) in [5.74, 6) is -0.434. The quantitative estimate of drug-likeness (QED) is 0.572. The number of ether oxygens (including phenoxy) is 2. The molecule has 2 N–H and O–H groups in total. The van der Waals surface area contributed by atoms with E-state index in [1.807, 2.05) is 30.3 Å². The summed E-state index contributed by atoms with van der Waals surface area (Å²) in [6.07, 6.45) is -0.671. The lowest BCUT2D eigenvalue weighted by molar-refractivity contribution is -1.03. The molecule has 11 heteroatoms. The number of rotatable bonds is 7. The number of nitrogens with two attached hydrogens (primary N) is 1. The Bertz CT molecular complexity index is 1150. The highest BCUT2D eigenvalue weighted by Gasteiger charge is 2.60. The maximum atomic E-state index is 14.0. The van der Waals surface area contributed by atoms with Crippen LogP contribution < -0.4 is 10.5 Å². The molecule has 0 saturated carbocycles. The Morgan fingerprint density at radius 2 is 1.71 bits per heavy atom. The predicted octanol–water partition coefficient (Wildman–Crippen LogP) is 2.44. The molecule has 1 saturated heterocycles. The fourth-order valence-corrected chi connectivity index (χ4v) is 5.92. The minimum Gasteiger partial charge on any atom is -0.497 e. The van der Waals surface area contributed by atoms with Crippen LogP contribution in [0, 0.1) is 0 Å². The predicted molar refractivity (Wildman–Crippen MR) is 127 cm³/mol. The van der Waals surface area contributed by atoms with Crippen LogP contribution in [0.15, 0.2) is 59.5 Å². The number of carbonyl (C=O) groups excluding carboxylic acids is 2. The van der Waals surface area contributed by atoms with Crippen molar-refractivity contribution in [2.24, 2.45) is 5.73 Å². The maximum absolute atomic E-state index is 14.0. The topological polar surface area (TPSA) is 125 Å². The summed E-state index contributed by atoms with van der Waals surface area (Å²) in [6, 6.07) is 13.5. The third-order valence-corrected chi connectivity index (χ3v) is 7.73. The number of hydrogen-bond donors (Lipinski definition) is 1. The van der Waals surface area contributed by atoms with Gasteiger partial charge in [0.15, 0.2) is 0 Å². The number of sulfonamides is 1. The Labute approximate surface area is 205 Å². The second-order valence-electron chi connectivity index (χ2n) is 9.21. The molecule has 0 aliphatic carbocycles. The number of amides is 2. The van der Waals surface area contributed by atoms with Gasteiger partial charge in [-0.15, -0.1) is 0 Å². The van der Waals surface area contributed by atoms with E-state index in [0.717, 1.165) is 5.56 Å². The molecule has 1 heterocycles. The SMILES string of the molecule is COc1ccc(S(=O)(=O)[N+]2(OC(C)(C)C)CCN(C(=O)OCc3ccccc3)CC2C(N)=O)cc1. The lowest BCUT2D eigenvalue weighted by atomic mass is 10.2. The number of hydroxylamine groups is 2. The van der Waals surface area contributed by atoms with Crippen molar-refractivity contribution >= 4 is 22.0 Å². The average Bonchev–Trinajstić information content (AvgIpc) is 2.82. The van der Waals surface area contributed by atoms with Gasteiger partial charge in [-0.05, 0) is 50.6 Å². The minimum atomic E-state index is -4.30. The van der Waals surface area contributed by atoms with Gasteiger partial charge in [-0.25, -0.2) is 4.79 Å². The minimum absolute atomic E-state index is 0.0249. The summed E-state index contributed by atoms with van der Waals surface area (Å²) in [5.41, 5.74) is 5.56. The molecule has 1 fully saturated rings. The summed E-state index contributed by atoms with van der Waals surface area (Å²) in [7, 11) is -2.83. The molecule has 0 spiro atoms. The van der Waals surface area contributed by atoms with Crippen LogP contribution in [0.4, 0.5) is 4.79 Å². The molecule has 2 aromatic carbocycles. The molecule has 10 nitrogen and oxygen atoms in total. The molecular weight excluding hydrogens is 474 g/mol. The van der Waals surface area contributed by atoms with Crippen LogP contribution in [0.25, 0.3) is 0 Å². The zero-order valence-corrected chi connectivity index (χ0v) is 21.2. The summed E-state index contributed by atoms with van der Waals surface area (Å²) in [5, 5.41) is 0. The van der Waals surface area contributed by atoms with E-state index >= 15 is 0 Å².